The summed E-state index contributed by atoms with van der Waals surface area (Å²) in [5.74, 6) is 3.15. The molecule has 2 aliphatic rings. The van der Waals surface area contributed by atoms with E-state index < -0.39 is 0 Å². The molecule has 0 saturated heterocycles. The van der Waals surface area contributed by atoms with Gasteiger partial charge in [-0.1, -0.05) is 37.8 Å². The molecule has 0 radical (unpaired) electrons. The Morgan fingerprint density at radius 2 is 0.675 bits per heavy atom. The number of aryl methyl sites for hydroxylation is 2. The Bertz CT molecular complexity index is 888. The van der Waals surface area contributed by atoms with Crippen molar-refractivity contribution in [1.29, 1.82) is 0 Å². The van der Waals surface area contributed by atoms with Gasteiger partial charge in [0.1, 0.15) is 26.4 Å². The molecule has 2 aliphatic heterocycles. The number of rotatable bonds is 9. The average molecular weight is 559 g/mol. The number of hydrogen-bond acceptors (Lipinski definition) is 8. The topological polar surface area (TPSA) is 73.8 Å². The van der Waals surface area contributed by atoms with E-state index >= 15 is 0 Å². The Balaban J connectivity index is 1.12. The number of fused-ring (bicyclic) bond motifs is 2. The van der Waals surface area contributed by atoms with Crippen molar-refractivity contribution < 1.29 is 37.9 Å². The van der Waals surface area contributed by atoms with E-state index in [1.165, 1.54) is 49.7 Å². The van der Waals surface area contributed by atoms with Crippen LogP contribution in [0.25, 0.3) is 0 Å². The van der Waals surface area contributed by atoms with E-state index in [2.05, 4.69) is 24.3 Å². The Kier molecular flexibility index (Phi) is 14.3. The SMILES string of the molecule is c1cc2c(cc1CCCCCCCCc1ccc3c(c1)OCCOCCOCCO3)OCCOCCOCCO2. The van der Waals surface area contributed by atoms with Crippen LogP contribution in [0.3, 0.4) is 0 Å². The second-order valence-corrected chi connectivity index (χ2v) is 10.0. The lowest BCUT2D eigenvalue weighted by molar-refractivity contribution is 0.0223. The normalized spacial score (nSPS) is 17.5. The van der Waals surface area contributed by atoms with Gasteiger partial charge < -0.3 is 37.9 Å². The van der Waals surface area contributed by atoms with Crippen molar-refractivity contribution in [2.75, 3.05) is 79.3 Å². The van der Waals surface area contributed by atoms with Gasteiger partial charge in [0, 0.05) is 0 Å². The molecule has 4 rings (SSSR count). The highest BCUT2D eigenvalue weighted by Gasteiger charge is 2.10. The number of unbranched alkanes of at least 4 members (excludes halogenated alkanes) is 5. The minimum absolute atomic E-state index is 0.510. The van der Waals surface area contributed by atoms with Crippen LogP contribution in [0.15, 0.2) is 36.4 Å². The maximum absolute atomic E-state index is 5.96. The smallest absolute Gasteiger partial charge is 0.161 e. The summed E-state index contributed by atoms with van der Waals surface area (Å²) >= 11 is 0. The van der Waals surface area contributed by atoms with Crippen LogP contribution >= 0.6 is 0 Å². The zero-order valence-corrected chi connectivity index (χ0v) is 23.9. The zero-order valence-electron chi connectivity index (χ0n) is 23.9. The van der Waals surface area contributed by atoms with Crippen molar-refractivity contribution in [3.63, 3.8) is 0 Å². The molecule has 0 saturated carbocycles. The molecular weight excluding hydrogens is 512 g/mol. The standard InChI is InChI=1S/C32H46O8/c1(3-5-7-27-9-11-29-31(25-27)39-23-19-35-15-13-33-17-21-37-29)2-4-6-8-28-10-12-30-32(26-28)40-24-20-36-16-14-34-18-22-38-30/h9-12,25-26H,1-8,13-24H2. The molecule has 0 unspecified atom stereocenters. The van der Waals surface area contributed by atoms with Crippen molar-refractivity contribution in [3.8, 4) is 23.0 Å². The average Bonchev–Trinajstić information content (AvgIpc) is 2.96. The highest BCUT2D eigenvalue weighted by molar-refractivity contribution is 5.44. The highest BCUT2D eigenvalue weighted by Crippen LogP contribution is 2.30. The molecule has 2 heterocycles. The third kappa shape index (κ3) is 11.5. The third-order valence-electron chi connectivity index (χ3n) is 6.88. The molecular formula is C32H46O8. The Labute approximate surface area is 239 Å². The van der Waals surface area contributed by atoms with E-state index in [0.717, 1.165) is 35.8 Å². The second kappa shape index (κ2) is 18.8. The van der Waals surface area contributed by atoms with Crippen molar-refractivity contribution in [1.82, 2.24) is 0 Å². The molecule has 0 N–H and O–H groups in total. The molecule has 2 aromatic carbocycles. The fourth-order valence-corrected chi connectivity index (χ4v) is 4.73. The lowest BCUT2D eigenvalue weighted by atomic mass is 10.0. The Hall–Kier alpha value is -2.52. The monoisotopic (exact) mass is 558 g/mol. The fourth-order valence-electron chi connectivity index (χ4n) is 4.73. The minimum Gasteiger partial charge on any atom is -0.487 e. The van der Waals surface area contributed by atoms with Gasteiger partial charge in [-0.15, -0.1) is 0 Å². The summed E-state index contributed by atoms with van der Waals surface area (Å²) in [6.45, 7) is 6.58. The summed E-state index contributed by atoms with van der Waals surface area (Å²) in [7, 11) is 0. The van der Waals surface area contributed by atoms with Crippen LogP contribution < -0.4 is 18.9 Å². The molecule has 2 aromatic rings. The lowest BCUT2D eigenvalue weighted by Crippen LogP contribution is -2.15. The van der Waals surface area contributed by atoms with Gasteiger partial charge in [0.15, 0.2) is 23.0 Å². The van der Waals surface area contributed by atoms with Gasteiger partial charge in [-0.2, -0.15) is 0 Å². The van der Waals surface area contributed by atoms with Crippen LogP contribution in [-0.4, -0.2) is 79.3 Å². The van der Waals surface area contributed by atoms with E-state index in [1.807, 2.05) is 12.1 Å². The van der Waals surface area contributed by atoms with E-state index in [-0.39, 0.29) is 0 Å². The van der Waals surface area contributed by atoms with E-state index in [9.17, 15) is 0 Å². The molecule has 40 heavy (non-hydrogen) atoms. The molecule has 8 heteroatoms. The van der Waals surface area contributed by atoms with Gasteiger partial charge in [0.25, 0.3) is 0 Å². The van der Waals surface area contributed by atoms with Crippen molar-refractivity contribution in [2.45, 2.75) is 51.4 Å². The first kappa shape index (κ1) is 30.4. The first-order valence-corrected chi connectivity index (χ1v) is 15.0. The van der Waals surface area contributed by atoms with Crippen molar-refractivity contribution in [2.24, 2.45) is 0 Å². The maximum Gasteiger partial charge on any atom is 0.161 e. The van der Waals surface area contributed by atoms with Gasteiger partial charge in [-0.25, -0.2) is 0 Å². The molecule has 0 amide bonds. The molecule has 0 aliphatic carbocycles. The van der Waals surface area contributed by atoms with Gasteiger partial charge in [-0.05, 0) is 61.1 Å². The molecule has 0 aromatic heterocycles. The van der Waals surface area contributed by atoms with E-state index in [0.29, 0.717) is 79.3 Å². The minimum atomic E-state index is 0.510. The third-order valence-corrected chi connectivity index (χ3v) is 6.88. The predicted octanol–water partition coefficient (Wildman–Crippen LogP) is 5.42. The molecule has 0 spiro atoms. The first-order chi connectivity index (χ1) is 19.9. The maximum atomic E-state index is 5.96. The van der Waals surface area contributed by atoms with Crippen molar-refractivity contribution >= 4 is 0 Å². The van der Waals surface area contributed by atoms with Gasteiger partial charge >= 0.3 is 0 Å². The van der Waals surface area contributed by atoms with E-state index in [1.54, 1.807) is 0 Å². The number of ether oxygens (including phenoxy) is 8. The summed E-state index contributed by atoms with van der Waals surface area (Å²) in [4.78, 5) is 0. The van der Waals surface area contributed by atoms with Crippen LogP contribution in [0.1, 0.15) is 49.7 Å². The van der Waals surface area contributed by atoms with Gasteiger partial charge in [0.2, 0.25) is 0 Å². The number of benzene rings is 2. The summed E-state index contributed by atoms with van der Waals surface area (Å²) < 4.78 is 45.7. The number of hydrogen-bond donors (Lipinski definition) is 0. The molecule has 0 atom stereocenters. The van der Waals surface area contributed by atoms with Crippen molar-refractivity contribution in [3.05, 3.63) is 47.5 Å². The highest BCUT2D eigenvalue weighted by atomic mass is 16.6. The molecule has 0 bridgehead atoms. The summed E-state index contributed by atoms with van der Waals surface area (Å²) in [6.07, 6.45) is 9.41. The predicted molar refractivity (Wildman–Crippen MR) is 153 cm³/mol. The van der Waals surface area contributed by atoms with Crippen LogP contribution in [0.5, 0.6) is 23.0 Å². The molecule has 222 valence electrons. The van der Waals surface area contributed by atoms with Crippen LogP contribution in [0.4, 0.5) is 0 Å². The summed E-state index contributed by atoms with van der Waals surface area (Å²) in [5, 5.41) is 0. The largest absolute Gasteiger partial charge is 0.487 e. The fraction of sp³-hybridized carbons (Fsp3) is 0.625. The first-order valence-electron chi connectivity index (χ1n) is 15.0. The summed E-state index contributed by atoms with van der Waals surface area (Å²) in [5.41, 5.74) is 2.57. The van der Waals surface area contributed by atoms with Crippen LogP contribution in [0.2, 0.25) is 0 Å². The lowest BCUT2D eigenvalue weighted by Gasteiger charge is -2.16. The quantitative estimate of drug-likeness (QED) is 0.378. The Morgan fingerprint density at radius 3 is 1.07 bits per heavy atom. The summed E-state index contributed by atoms with van der Waals surface area (Å²) in [6, 6.07) is 12.6. The Morgan fingerprint density at radius 1 is 0.350 bits per heavy atom. The second-order valence-electron chi connectivity index (χ2n) is 10.0. The molecule has 8 nitrogen and oxygen atoms in total. The van der Waals surface area contributed by atoms with Gasteiger partial charge in [-0.3, -0.25) is 0 Å². The van der Waals surface area contributed by atoms with Crippen LogP contribution in [-0.2, 0) is 31.8 Å². The zero-order chi connectivity index (χ0) is 27.5. The van der Waals surface area contributed by atoms with Gasteiger partial charge in [0.05, 0.1) is 52.9 Å². The van der Waals surface area contributed by atoms with Crippen LogP contribution in [0, 0.1) is 0 Å². The molecule has 0 fully saturated rings. The van der Waals surface area contributed by atoms with E-state index in [4.69, 9.17) is 37.9 Å².